The molecule has 154 valence electrons. The zero-order chi connectivity index (χ0) is 21.4. The summed E-state index contributed by atoms with van der Waals surface area (Å²) in [5.74, 6) is -0.763. The summed E-state index contributed by atoms with van der Waals surface area (Å²) in [5.41, 5.74) is 1.46. The summed E-state index contributed by atoms with van der Waals surface area (Å²) >= 11 is 7.31. The zero-order valence-corrected chi connectivity index (χ0v) is 18.0. The van der Waals surface area contributed by atoms with E-state index in [1.54, 1.807) is 43.3 Å². The summed E-state index contributed by atoms with van der Waals surface area (Å²) < 4.78 is 4.75. The van der Waals surface area contributed by atoms with Gasteiger partial charge in [-0.2, -0.15) is 0 Å². The van der Waals surface area contributed by atoms with E-state index >= 15 is 0 Å². The average Bonchev–Trinajstić information content (AvgIpc) is 2.69. The van der Waals surface area contributed by atoms with Gasteiger partial charge in [-0.3, -0.25) is 14.4 Å². The molecule has 29 heavy (non-hydrogen) atoms. The Morgan fingerprint density at radius 1 is 1.07 bits per heavy atom. The van der Waals surface area contributed by atoms with Crippen LogP contribution in [0.2, 0.25) is 5.02 Å². The molecule has 0 aliphatic carbocycles. The van der Waals surface area contributed by atoms with Crippen molar-refractivity contribution in [2.24, 2.45) is 0 Å². The predicted octanol–water partition coefficient (Wildman–Crippen LogP) is 4.20. The quantitative estimate of drug-likeness (QED) is 0.480. The lowest BCUT2D eigenvalue weighted by Gasteiger charge is -2.21. The molecule has 0 aliphatic heterocycles. The molecule has 0 saturated carbocycles. The lowest BCUT2D eigenvalue weighted by atomic mass is 10.0. The molecule has 0 heterocycles. The third kappa shape index (κ3) is 7.44. The number of benzene rings is 2. The largest absolute Gasteiger partial charge is 0.469 e. The van der Waals surface area contributed by atoms with Crippen LogP contribution < -0.4 is 10.6 Å². The minimum Gasteiger partial charge on any atom is -0.469 e. The highest BCUT2D eigenvalue weighted by Gasteiger charge is 2.22. The number of ether oxygens (including phenoxy) is 1. The number of anilines is 1. The number of thioether (sulfide) groups is 1. The highest BCUT2D eigenvalue weighted by molar-refractivity contribution is 8.00. The van der Waals surface area contributed by atoms with E-state index in [4.69, 9.17) is 16.3 Å². The van der Waals surface area contributed by atoms with Crippen LogP contribution in [0.25, 0.3) is 0 Å². The highest BCUT2D eigenvalue weighted by atomic mass is 35.5. The lowest BCUT2D eigenvalue weighted by molar-refractivity contribution is -0.141. The molecule has 2 aromatic carbocycles. The van der Waals surface area contributed by atoms with Gasteiger partial charge in [0.15, 0.2) is 0 Å². The maximum atomic E-state index is 12.7. The second-order valence-electron chi connectivity index (χ2n) is 6.36. The third-order valence-corrected chi connectivity index (χ3v) is 5.41. The molecule has 0 saturated heterocycles. The van der Waals surface area contributed by atoms with Crippen LogP contribution in [0.5, 0.6) is 0 Å². The van der Waals surface area contributed by atoms with Gasteiger partial charge < -0.3 is 15.4 Å². The van der Waals surface area contributed by atoms with Crippen molar-refractivity contribution in [2.75, 3.05) is 12.4 Å². The monoisotopic (exact) mass is 434 g/mol. The van der Waals surface area contributed by atoms with Crippen molar-refractivity contribution < 1.29 is 19.1 Å². The molecule has 2 rings (SSSR count). The van der Waals surface area contributed by atoms with Crippen LogP contribution in [-0.2, 0) is 19.1 Å². The van der Waals surface area contributed by atoms with Crippen molar-refractivity contribution in [3.8, 4) is 0 Å². The normalized spacial score (nSPS) is 12.6. The van der Waals surface area contributed by atoms with E-state index in [-0.39, 0.29) is 18.2 Å². The standard InChI is InChI=1S/C21H23ClN2O4S/c1-13(29-18-10-8-17(9-11-18)23-14(2)25)21(27)24-19(12-20(26)28-3)15-4-6-16(22)7-5-15/h4-11,13,19H,12H2,1-3H3,(H,23,25)(H,24,27). The topological polar surface area (TPSA) is 84.5 Å². The number of amides is 2. The molecule has 0 bridgehead atoms. The first-order valence-electron chi connectivity index (χ1n) is 8.95. The Hall–Kier alpha value is -2.51. The Balaban J connectivity index is 2.04. The van der Waals surface area contributed by atoms with Crippen molar-refractivity contribution >= 4 is 46.8 Å². The lowest BCUT2D eigenvalue weighted by Crippen LogP contribution is -2.35. The molecule has 0 radical (unpaired) electrons. The fourth-order valence-corrected chi connectivity index (χ4v) is 3.57. The Morgan fingerprint density at radius 3 is 2.24 bits per heavy atom. The first kappa shape index (κ1) is 22.8. The third-order valence-electron chi connectivity index (χ3n) is 4.04. The van der Waals surface area contributed by atoms with E-state index in [0.29, 0.717) is 10.7 Å². The number of carbonyl (C=O) groups is 3. The molecular weight excluding hydrogens is 412 g/mol. The molecule has 2 aromatic rings. The van der Waals surface area contributed by atoms with E-state index in [0.717, 1.165) is 10.5 Å². The summed E-state index contributed by atoms with van der Waals surface area (Å²) in [4.78, 5) is 36.5. The molecule has 6 nitrogen and oxygen atoms in total. The number of carbonyl (C=O) groups excluding carboxylic acids is 3. The Morgan fingerprint density at radius 2 is 1.69 bits per heavy atom. The van der Waals surface area contributed by atoms with E-state index in [1.165, 1.54) is 25.8 Å². The van der Waals surface area contributed by atoms with Crippen LogP contribution in [0.3, 0.4) is 0 Å². The van der Waals surface area contributed by atoms with Crippen LogP contribution in [0.4, 0.5) is 5.69 Å². The van der Waals surface area contributed by atoms with E-state index < -0.39 is 17.3 Å². The van der Waals surface area contributed by atoms with Gasteiger partial charge in [0.05, 0.1) is 24.8 Å². The van der Waals surface area contributed by atoms with Gasteiger partial charge >= 0.3 is 5.97 Å². The smallest absolute Gasteiger partial charge is 0.307 e. The van der Waals surface area contributed by atoms with Crippen molar-refractivity contribution in [3.05, 3.63) is 59.1 Å². The molecule has 2 N–H and O–H groups in total. The van der Waals surface area contributed by atoms with Gasteiger partial charge in [-0.25, -0.2) is 0 Å². The zero-order valence-electron chi connectivity index (χ0n) is 16.4. The fourth-order valence-electron chi connectivity index (χ4n) is 2.56. The summed E-state index contributed by atoms with van der Waals surface area (Å²) in [6.07, 6.45) is 0.0205. The van der Waals surface area contributed by atoms with Crippen LogP contribution in [0, 0.1) is 0 Å². The number of halogens is 1. The van der Waals surface area contributed by atoms with E-state index in [2.05, 4.69) is 10.6 Å². The Bertz CT molecular complexity index is 856. The predicted molar refractivity (Wildman–Crippen MR) is 115 cm³/mol. The van der Waals surface area contributed by atoms with Crippen molar-refractivity contribution in [2.45, 2.75) is 36.5 Å². The van der Waals surface area contributed by atoms with Gasteiger partial charge in [-0.05, 0) is 48.9 Å². The molecule has 2 amide bonds. The van der Waals surface area contributed by atoms with Crippen molar-refractivity contribution in [3.63, 3.8) is 0 Å². The first-order valence-corrected chi connectivity index (χ1v) is 10.2. The maximum absolute atomic E-state index is 12.7. The van der Waals surface area contributed by atoms with Crippen LogP contribution in [0.15, 0.2) is 53.4 Å². The first-order chi connectivity index (χ1) is 13.8. The average molecular weight is 435 g/mol. The maximum Gasteiger partial charge on any atom is 0.307 e. The minimum absolute atomic E-state index is 0.0205. The summed E-state index contributed by atoms with van der Waals surface area (Å²) in [6, 6.07) is 13.7. The summed E-state index contributed by atoms with van der Waals surface area (Å²) in [5, 5.41) is 5.79. The molecule has 2 unspecified atom stereocenters. The molecule has 0 aliphatic rings. The fraction of sp³-hybridized carbons (Fsp3) is 0.286. The minimum atomic E-state index is -0.516. The molecule has 0 aromatic heterocycles. The summed E-state index contributed by atoms with van der Waals surface area (Å²) in [6.45, 7) is 3.24. The molecule has 2 atom stereocenters. The molecule has 0 fully saturated rings. The molecular formula is C21H23ClN2O4S. The number of rotatable bonds is 8. The van der Waals surface area contributed by atoms with Gasteiger partial charge in [0.25, 0.3) is 0 Å². The van der Waals surface area contributed by atoms with Gasteiger partial charge in [-0.1, -0.05) is 23.7 Å². The van der Waals surface area contributed by atoms with Crippen molar-refractivity contribution in [1.82, 2.24) is 5.32 Å². The SMILES string of the molecule is COC(=O)CC(NC(=O)C(C)Sc1ccc(NC(C)=O)cc1)c1ccc(Cl)cc1. The number of hydrogen-bond donors (Lipinski definition) is 2. The number of methoxy groups -OCH3 is 1. The Kier molecular flexibility index (Phi) is 8.54. The second-order valence-corrected chi connectivity index (χ2v) is 8.21. The molecule has 0 spiro atoms. The number of esters is 1. The highest BCUT2D eigenvalue weighted by Crippen LogP contribution is 2.26. The van der Waals surface area contributed by atoms with Crippen molar-refractivity contribution in [1.29, 1.82) is 0 Å². The van der Waals surface area contributed by atoms with Gasteiger partial charge in [-0.15, -0.1) is 11.8 Å². The van der Waals surface area contributed by atoms with Gasteiger partial charge in [0.2, 0.25) is 11.8 Å². The molecule has 8 heteroatoms. The van der Waals surface area contributed by atoms with Gasteiger partial charge in [0.1, 0.15) is 0 Å². The summed E-state index contributed by atoms with van der Waals surface area (Å²) in [7, 11) is 1.31. The number of hydrogen-bond acceptors (Lipinski definition) is 5. The van der Waals surface area contributed by atoms with Crippen LogP contribution in [0.1, 0.15) is 31.9 Å². The van der Waals surface area contributed by atoms with E-state index in [1.807, 2.05) is 12.1 Å². The van der Waals surface area contributed by atoms with Crippen LogP contribution >= 0.6 is 23.4 Å². The Labute approximate surface area is 179 Å². The number of nitrogens with one attached hydrogen (secondary N) is 2. The van der Waals surface area contributed by atoms with E-state index in [9.17, 15) is 14.4 Å². The van der Waals surface area contributed by atoms with Crippen LogP contribution in [-0.4, -0.2) is 30.1 Å². The second kappa shape index (κ2) is 10.9. The van der Waals surface area contributed by atoms with Gasteiger partial charge in [0, 0.05) is 22.5 Å².